The second kappa shape index (κ2) is 11.2. The van der Waals surface area contributed by atoms with Gasteiger partial charge < -0.3 is 24.6 Å². The van der Waals surface area contributed by atoms with Gasteiger partial charge in [0.25, 0.3) is 0 Å². The van der Waals surface area contributed by atoms with Crippen molar-refractivity contribution in [1.82, 2.24) is 5.32 Å². The molecule has 1 aromatic carbocycles. The third-order valence-corrected chi connectivity index (χ3v) is 9.14. The van der Waals surface area contributed by atoms with Gasteiger partial charge in [-0.25, -0.2) is 9.78 Å². The van der Waals surface area contributed by atoms with Crippen LogP contribution in [0, 0.1) is 23.7 Å². The molecule has 4 saturated heterocycles. The van der Waals surface area contributed by atoms with Crippen LogP contribution in [0.5, 0.6) is 0 Å². The standard InChI is InChI=1S/C29H39NO9/c1-17-9-10-22-18(2)26(36-27-29(22)21(17)13-14-28(3,37-27)38-39-29)35-25(34)12-11-23(31)30-16-20(15-24(32)33)19-7-5-4-6-8-19/h4-8,17-18,20-22,26-27H,9-16H2,1-3H3,(H,30,31)(H,32,33)/t17-,18-,20-,21+,22+,26-,27-,28+,29-/m1/s1. The molecule has 5 aliphatic rings. The fourth-order valence-corrected chi connectivity index (χ4v) is 6.98. The number of aliphatic carboxylic acids is 1. The number of hydrogen-bond acceptors (Lipinski definition) is 8. The van der Waals surface area contributed by atoms with Gasteiger partial charge in [-0.05, 0) is 43.6 Å². The number of esters is 1. The quantitative estimate of drug-likeness (QED) is 0.351. The molecule has 6 rings (SSSR count). The molecule has 10 heteroatoms. The first-order chi connectivity index (χ1) is 18.6. The summed E-state index contributed by atoms with van der Waals surface area (Å²) in [5.74, 6) is -2.57. The second-order valence-corrected chi connectivity index (χ2v) is 11.8. The second-order valence-electron chi connectivity index (χ2n) is 11.8. The summed E-state index contributed by atoms with van der Waals surface area (Å²) in [6.07, 6.45) is 1.71. The van der Waals surface area contributed by atoms with E-state index in [-0.39, 0.29) is 55.4 Å². The first-order valence-corrected chi connectivity index (χ1v) is 14.0. The number of nitrogens with one attached hydrogen (secondary N) is 1. The van der Waals surface area contributed by atoms with Crippen molar-refractivity contribution in [1.29, 1.82) is 0 Å². The van der Waals surface area contributed by atoms with Gasteiger partial charge in [0.05, 0.1) is 12.8 Å². The number of carboxylic acids is 1. The molecule has 4 heterocycles. The molecule has 1 aliphatic carbocycles. The monoisotopic (exact) mass is 545 g/mol. The van der Waals surface area contributed by atoms with Gasteiger partial charge in [0.15, 0.2) is 11.9 Å². The van der Waals surface area contributed by atoms with Gasteiger partial charge in [-0.15, -0.1) is 0 Å². The van der Waals surface area contributed by atoms with Crippen molar-refractivity contribution in [3.63, 3.8) is 0 Å². The van der Waals surface area contributed by atoms with Crippen molar-refractivity contribution < 1.29 is 43.5 Å². The van der Waals surface area contributed by atoms with Gasteiger partial charge in [0, 0.05) is 37.1 Å². The van der Waals surface area contributed by atoms with E-state index in [0.717, 1.165) is 24.8 Å². The van der Waals surface area contributed by atoms with E-state index in [4.69, 9.17) is 24.0 Å². The van der Waals surface area contributed by atoms with Crippen LogP contribution in [0.1, 0.15) is 77.2 Å². The van der Waals surface area contributed by atoms with Crippen LogP contribution in [0.15, 0.2) is 30.3 Å². The van der Waals surface area contributed by atoms with Crippen molar-refractivity contribution in [2.45, 2.75) is 95.6 Å². The molecule has 1 amide bonds. The Hall–Kier alpha value is -2.53. The predicted octanol–water partition coefficient (Wildman–Crippen LogP) is 3.89. The van der Waals surface area contributed by atoms with Gasteiger partial charge in [0.2, 0.25) is 18.0 Å². The van der Waals surface area contributed by atoms with E-state index in [1.54, 1.807) is 0 Å². The zero-order valence-corrected chi connectivity index (χ0v) is 22.8. The molecule has 1 aromatic rings. The highest BCUT2D eigenvalue weighted by Gasteiger charge is 2.69. The summed E-state index contributed by atoms with van der Waals surface area (Å²) in [5.41, 5.74) is 0.0963. The van der Waals surface area contributed by atoms with Crippen LogP contribution in [0.25, 0.3) is 0 Å². The van der Waals surface area contributed by atoms with Crippen molar-refractivity contribution >= 4 is 17.8 Å². The number of carbonyl (C=O) groups is 3. The maximum atomic E-state index is 12.8. The molecule has 1 spiro atoms. The Morgan fingerprint density at radius 2 is 1.85 bits per heavy atom. The van der Waals surface area contributed by atoms with Gasteiger partial charge >= 0.3 is 11.9 Å². The molecule has 1 saturated carbocycles. The van der Waals surface area contributed by atoms with E-state index in [1.165, 1.54) is 0 Å². The SMILES string of the molecule is C[C@H]1[C@H](OC(=O)CCC(=O)NC[C@@H](CC(=O)O)c2ccccc2)O[C@@H]2O[C@]3(C)CC[C@H]4[C@H](C)CC[C@@H]1[C@@]24OO3. The maximum absolute atomic E-state index is 12.8. The van der Waals surface area contributed by atoms with Crippen LogP contribution >= 0.6 is 0 Å². The van der Waals surface area contributed by atoms with E-state index in [0.29, 0.717) is 12.3 Å². The zero-order valence-electron chi connectivity index (χ0n) is 22.8. The van der Waals surface area contributed by atoms with Gasteiger partial charge in [-0.2, -0.15) is 0 Å². The Balaban J connectivity index is 1.16. The first kappa shape index (κ1) is 28.0. The smallest absolute Gasteiger partial charge is 0.308 e. The van der Waals surface area contributed by atoms with Gasteiger partial charge in [-0.3, -0.25) is 14.4 Å². The lowest BCUT2D eigenvalue weighted by atomic mass is 9.58. The minimum atomic E-state index is -0.944. The van der Waals surface area contributed by atoms with E-state index >= 15 is 0 Å². The molecule has 0 unspecified atom stereocenters. The number of carbonyl (C=O) groups excluding carboxylic acids is 2. The molecule has 39 heavy (non-hydrogen) atoms. The van der Waals surface area contributed by atoms with E-state index in [1.807, 2.05) is 44.2 Å². The number of rotatable bonds is 9. The van der Waals surface area contributed by atoms with Crippen molar-refractivity contribution in [2.75, 3.05) is 6.54 Å². The molecular weight excluding hydrogens is 506 g/mol. The van der Waals surface area contributed by atoms with Crippen molar-refractivity contribution in [2.24, 2.45) is 23.7 Å². The number of carboxylic acid groups (broad SMARTS) is 1. The van der Waals surface area contributed by atoms with E-state index in [9.17, 15) is 19.5 Å². The van der Waals surface area contributed by atoms with Crippen LogP contribution in [-0.2, 0) is 38.4 Å². The van der Waals surface area contributed by atoms with E-state index in [2.05, 4.69) is 12.2 Å². The third-order valence-electron chi connectivity index (χ3n) is 9.14. The minimum absolute atomic E-state index is 0.0327. The highest BCUT2D eigenvalue weighted by atomic mass is 17.3. The molecule has 0 aromatic heterocycles. The molecular formula is C29H39NO9. The summed E-state index contributed by atoms with van der Waals surface area (Å²) in [6.45, 7) is 6.25. The lowest BCUT2D eigenvalue weighted by molar-refractivity contribution is -0.576. The molecule has 0 radical (unpaired) electrons. The average molecular weight is 546 g/mol. The Morgan fingerprint density at radius 3 is 2.59 bits per heavy atom. The molecule has 10 nitrogen and oxygen atoms in total. The number of benzene rings is 1. The Bertz CT molecular complexity index is 1070. The topological polar surface area (TPSA) is 130 Å². The lowest BCUT2D eigenvalue weighted by Gasteiger charge is -2.59. The molecule has 4 aliphatic heterocycles. The Morgan fingerprint density at radius 1 is 1.08 bits per heavy atom. The molecule has 9 atom stereocenters. The number of ether oxygens (including phenoxy) is 3. The lowest BCUT2D eigenvalue weighted by Crippen LogP contribution is -2.70. The minimum Gasteiger partial charge on any atom is -0.481 e. The number of amides is 1. The van der Waals surface area contributed by atoms with E-state index < -0.39 is 35.9 Å². The summed E-state index contributed by atoms with van der Waals surface area (Å²) in [7, 11) is 0. The number of hydrogen-bond donors (Lipinski definition) is 2. The Kier molecular flexibility index (Phi) is 8.01. The van der Waals surface area contributed by atoms with Crippen LogP contribution in [0.2, 0.25) is 0 Å². The zero-order chi connectivity index (χ0) is 27.8. The normalized spacial score (nSPS) is 37.7. The first-order valence-electron chi connectivity index (χ1n) is 14.0. The van der Waals surface area contributed by atoms with Crippen molar-refractivity contribution in [3.8, 4) is 0 Å². The average Bonchev–Trinajstić information content (AvgIpc) is 3.14. The third kappa shape index (κ3) is 5.57. The molecule has 214 valence electrons. The largest absolute Gasteiger partial charge is 0.481 e. The molecule has 2 N–H and O–H groups in total. The molecule has 5 fully saturated rings. The number of fused-ring (bicyclic) bond motifs is 2. The van der Waals surface area contributed by atoms with Crippen molar-refractivity contribution in [3.05, 3.63) is 35.9 Å². The highest BCUT2D eigenvalue weighted by Crippen LogP contribution is 2.60. The van der Waals surface area contributed by atoms with Crippen LogP contribution in [0.3, 0.4) is 0 Å². The summed E-state index contributed by atoms with van der Waals surface area (Å²) in [5, 5.41) is 12.0. The van der Waals surface area contributed by atoms with Gasteiger partial charge in [0.1, 0.15) is 0 Å². The van der Waals surface area contributed by atoms with Crippen LogP contribution < -0.4 is 5.32 Å². The summed E-state index contributed by atoms with van der Waals surface area (Å²) >= 11 is 0. The highest BCUT2D eigenvalue weighted by molar-refractivity contribution is 5.81. The summed E-state index contributed by atoms with van der Waals surface area (Å²) in [4.78, 5) is 48.5. The summed E-state index contributed by atoms with van der Waals surface area (Å²) < 4.78 is 18.3. The summed E-state index contributed by atoms with van der Waals surface area (Å²) in [6, 6.07) is 9.18. The Labute approximate surface area is 228 Å². The maximum Gasteiger partial charge on any atom is 0.308 e. The fourth-order valence-electron chi connectivity index (χ4n) is 6.98. The van der Waals surface area contributed by atoms with Crippen LogP contribution in [-0.4, -0.2) is 53.5 Å². The molecule has 2 bridgehead atoms. The van der Waals surface area contributed by atoms with Gasteiger partial charge in [-0.1, -0.05) is 44.2 Å². The fraction of sp³-hybridized carbons (Fsp3) is 0.690. The van der Waals surface area contributed by atoms with Crippen LogP contribution in [0.4, 0.5) is 0 Å². The predicted molar refractivity (Wildman–Crippen MR) is 137 cm³/mol.